The van der Waals surface area contributed by atoms with E-state index in [0.717, 1.165) is 50.3 Å². The second-order valence-electron chi connectivity index (χ2n) is 23.2. The Balaban J connectivity index is 0.865. The predicted molar refractivity (Wildman–Crippen MR) is 305 cm³/mol. The van der Waals surface area contributed by atoms with Crippen LogP contribution >= 0.6 is 11.3 Å². The molecule has 22 heteroatoms. The number of likely N-dealkylation sites (tertiary alicyclic amines) is 1. The summed E-state index contributed by atoms with van der Waals surface area (Å²) in [5.74, 6) is -4.77. The van der Waals surface area contributed by atoms with E-state index in [2.05, 4.69) is 25.9 Å². The van der Waals surface area contributed by atoms with Crippen LogP contribution in [-0.2, 0) is 55.9 Å². The van der Waals surface area contributed by atoms with Crippen LogP contribution in [0.1, 0.15) is 103 Å². The van der Waals surface area contributed by atoms with Crippen molar-refractivity contribution >= 4 is 51.8 Å². The zero-order valence-corrected chi connectivity index (χ0v) is 49.3. The number of carbonyl (C=O) groups excluding carboxylic acids is 5. The van der Waals surface area contributed by atoms with Crippen LogP contribution in [0.25, 0.3) is 21.3 Å². The Morgan fingerprint density at radius 3 is 2.16 bits per heavy atom. The Kier molecular flexibility index (Phi) is 21.4. The topological polar surface area (TPSA) is 229 Å². The van der Waals surface area contributed by atoms with Crippen molar-refractivity contribution in [2.75, 3.05) is 59.3 Å². The van der Waals surface area contributed by atoms with Crippen molar-refractivity contribution in [1.82, 2.24) is 35.7 Å². The number of ether oxygens (including phenoxy) is 5. The molecule has 0 spiro atoms. The number of aromatic amines is 1. The Bertz CT molecular complexity index is 2990. The van der Waals surface area contributed by atoms with E-state index < -0.39 is 95.2 Å². The smallest absolute Gasteiger partial charge is 0.328 e. The fourth-order valence-corrected chi connectivity index (χ4v) is 11.0. The van der Waals surface area contributed by atoms with Crippen molar-refractivity contribution in [1.29, 1.82) is 0 Å². The van der Waals surface area contributed by atoms with Crippen LogP contribution in [0.4, 0.5) is 13.2 Å². The fourth-order valence-electron chi connectivity index (χ4n) is 10.2. The van der Waals surface area contributed by atoms with Gasteiger partial charge in [0.2, 0.25) is 23.6 Å². The average Bonchev–Trinajstić information content (AvgIpc) is 4.15. The minimum absolute atomic E-state index is 0.0121. The van der Waals surface area contributed by atoms with Crippen LogP contribution in [0, 0.1) is 29.9 Å². The molecule has 0 aliphatic carbocycles. The van der Waals surface area contributed by atoms with Gasteiger partial charge in [0.05, 0.1) is 67.7 Å². The molecule has 4 amide bonds. The Morgan fingerprint density at radius 2 is 1.54 bits per heavy atom. The molecule has 0 saturated carbocycles. The molecule has 7 rings (SSSR count). The third-order valence-corrected chi connectivity index (χ3v) is 15.6. The van der Waals surface area contributed by atoms with Crippen molar-refractivity contribution in [3.05, 3.63) is 106 Å². The van der Waals surface area contributed by atoms with Gasteiger partial charge in [0.15, 0.2) is 0 Å². The number of fused-ring (bicyclic) bond motifs is 3. The monoisotopic (exact) mass is 1160 g/mol. The van der Waals surface area contributed by atoms with Gasteiger partial charge in [-0.15, -0.1) is 11.3 Å². The van der Waals surface area contributed by atoms with E-state index >= 15 is 13.2 Å². The molecule has 6 N–H and O–H groups in total. The lowest BCUT2D eigenvalue weighted by atomic mass is 9.85. The largest absolute Gasteiger partial charge is 0.491 e. The maximum absolute atomic E-state index is 16.1. The Labute approximate surface area is 481 Å². The first-order chi connectivity index (χ1) is 38.8. The molecular formula is C60H79F3N8O10S. The molecule has 82 heavy (non-hydrogen) atoms. The van der Waals surface area contributed by atoms with Crippen LogP contribution in [0.3, 0.4) is 0 Å². The van der Waals surface area contributed by atoms with Gasteiger partial charge >= 0.3 is 5.97 Å². The molecule has 2 aliphatic heterocycles. The number of carbonyl (C=O) groups is 5. The van der Waals surface area contributed by atoms with Crippen molar-refractivity contribution in [2.24, 2.45) is 17.1 Å². The van der Waals surface area contributed by atoms with Crippen molar-refractivity contribution in [2.45, 2.75) is 137 Å². The maximum atomic E-state index is 16.1. The second kappa shape index (κ2) is 27.8. The summed E-state index contributed by atoms with van der Waals surface area (Å²) in [6, 6.07) is 12.4. The standard InChI is InChI=1S/C60H79F3N8O10S/c1-34(2)50(64)56(74)67-37(5)58(76)81-41-28-47(55(73)65-29-38-15-17-39(18-16-38)53-36(4)66-33-82-53)70(30-41)57(75)54(59(6,7)8)69-48(72)31-79-22-21-77-19-20-78-23-24-80-40-26-44(61)49(45(62)27-40)52-51-43(42-13-11-12-14-46(42)68-51)25-35(3)71(52)32-60(9,10)63/h11-18,26-27,33-35,37,41,47,50,52,54,68H,19-25,28-32,64H2,1-10H3,(H,65,73)(H,67,74)(H,69,72)/t35-,37+,41-,47+,50+,52-,54-/m1/s1. The molecule has 2 aliphatic rings. The van der Waals surface area contributed by atoms with Gasteiger partial charge in [-0.1, -0.05) is 77.1 Å². The van der Waals surface area contributed by atoms with Gasteiger partial charge in [-0.25, -0.2) is 22.9 Å². The summed E-state index contributed by atoms with van der Waals surface area (Å²) in [6.45, 7) is 17.2. The number of nitrogens with zero attached hydrogens (tertiary/aromatic N) is 3. The lowest BCUT2D eigenvalue weighted by molar-refractivity contribution is -0.153. The van der Waals surface area contributed by atoms with E-state index in [1.54, 1.807) is 40.1 Å². The molecule has 0 radical (unpaired) electrons. The van der Waals surface area contributed by atoms with Crippen LogP contribution < -0.4 is 26.4 Å². The number of halogens is 3. The molecule has 446 valence electrons. The average molecular weight is 1160 g/mol. The molecule has 18 nitrogen and oxygen atoms in total. The second-order valence-corrected chi connectivity index (χ2v) is 24.0. The molecular weight excluding hydrogens is 1080 g/mol. The first-order valence-corrected chi connectivity index (χ1v) is 28.7. The number of amides is 4. The highest BCUT2D eigenvalue weighted by atomic mass is 32.1. The Morgan fingerprint density at radius 1 is 0.890 bits per heavy atom. The molecule has 2 aromatic heterocycles. The highest BCUT2D eigenvalue weighted by molar-refractivity contribution is 7.13. The zero-order valence-electron chi connectivity index (χ0n) is 48.5. The molecule has 4 heterocycles. The maximum Gasteiger partial charge on any atom is 0.328 e. The van der Waals surface area contributed by atoms with Crippen LogP contribution in [0.2, 0.25) is 0 Å². The molecule has 1 fully saturated rings. The summed E-state index contributed by atoms with van der Waals surface area (Å²) in [7, 11) is 0. The third-order valence-electron chi connectivity index (χ3n) is 14.6. The number of para-hydroxylation sites is 1. The molecule has 0 unspecified atom stereocenters. The van der Waals surface area contributed by atoms with Gasteiger partial charge in [0, 0.05) is 59.8 Å². The van der Waals surface area contributed by atoms with Gasteiger partial charge in [0.1, 0.15) is 60.5 Å². The number of aromatic nitrogens is 2. The lowest BCUT2D eigenvalue weighted by Gasteiger charge is -2.43. The molecule has 7 atom stereocenters. The SMILES string of the molecule is Cc1ncsc1-c1ccc(CNC(=O)[C@@H]2C[C@@H](OC(=O)[C@H](C)NC(=O)[C@@H](N)C(C)C)CN2C(=O)[C@@H](NC(=O)COCCOCCOCCOc2cc(F)c([C@@H]3c4[nH]c5ccccc5c4C[C@@H](C)N3CC(C)(C)F)c(F)c2)C(C)(C)C)cc1. The number of nitrogens with one attached hydrogen (secondary N) is 4. The van der Waals surface area contributed by atoms with Crippen molar-refractivity contribution in [3.63, 3.8) is 0 Å². The van der Waals surface area contributed by atoms with Gasteiger partial charge in [-0.3, -0.25) is 24.1 Å². The number of alkyl halides is 1. The summed E-state index contributed by atoms with van der Waals surface area (Å²) in [5, 5.41) is 9.26. The number of esters is 1. The van der Waals surface area contributed by atoms with E-state index in [1.807, 2.05) is 67.3 Å². The van der Waals surface area contributed by atoms with Crippen LogP contribution in [0.5, 0.6) is 5.75 Å². The van der Waals surface area contributed by atoms with E-state index in [4.69, 9.17) is 29.4 Å². The number of aryl methyl sites for hydroxylation is 1. The number of hydrogen-bond donors (Lipinski definition) is 5. The molecule has 3 aromatic carbocycles. The quantitative estimate of drug-likeness (QED) is 0.0272. The van der Waals surface area contributed by atoms with Crippen LogP contribution in [-0.4, -0.2) is 151 Å². The first-order valence-electron chi connectivity index (χ1n) is 27.8. The minimum Gasteiger partial charge on any atom is -0.491 e. The normalized spacial score (nSPS) is 18.7. The van der Waals surface area contributed by atoms with Gasteiger partial charge < -0.3 is 55.3 Å². The highest BCUT2D eigenvalue weighted by Crippen LogP contribution is 2.44. The van der Waals surface area contributed by atoms with Crippen molar-refractivity contribution < 1.29 is 60.8 Å². The summed E-state index contributed by atoms with van der Waals surface area (Å²) in [6.07, 6.45) is -0.376. The number of hydrogen-bond acceptors (Lipinski definition) is 14. The molecule has 5 aromatic rings. The summed E-state index contributed by atoms with van der Waals surface area (Å²) in [4.78, 5) is 79.7. The Hall–Kier alpha value is -6.43. The highest BCUT2D eigenvalue weighted by Gasteiger charge is 2.47. The van der Waals surface area contributed by atoms with E-state index in [1.165, 1.54) is 37.0 Å². The number of thiazole rings is 1. The first kappa shape index (κ1) is 63.2. The number of nitrogens with two attached hydrogens (primary N) is 1. The summed E-state index contributed by atoms with van der Waals surface area (Å²) < 4.78 is 75.6. The zero-order chi connectivity index (χ0) is 59.6. The third kappa shape index (κ3) is 16.2. The van der Waals surface area contributed by atoms with Gasteiger partial charge in [-0.2, -0.15) is 0 Å². The van der Waals surface area contributed by atoms with Crippen molar-refractivity contribution in [3.8, 4) is 16.2 Å². The van der Waals surface area contributed by atoms with E-state index in [0.29, 0.717) is 12.1 Å². The van der Waals surface area contributed by atoms with Gasteiger partial charge in [-0.05, 0) is 75.1 Å². The van der Waals surface area contributed by atoms with E-state index in [-0.39, 0.29) is 89.0 Å². The molecule has 1 saturated heterocycles. The van der Waals surface area contributed by atoms with Gasteiger partial charge in [0.25, 0.3) is 0 Å². The lowest BCUT2D eigenvalue weighted by Crippen LogP contribution is -2.58. The van der Waals surface area contributed by atoms with E-state index in [9.17, 15) is 24.0 Å². The van der Waals surface area contributed by atoms with Crippen LogP contribution in [0.15, 0.2) is 66.2 Å². The number of H-pyrrole nitrogens is 1. The number of benzene rings is 3. The minimum atomic E-state index is -1.63. The fraction of sp³-hybridized carbons (Fsp3) is 0.533. The molecule has 0 bridgehead atoms. The summed E-state index contributed by atoms with van der Waals surface area (Å²) in [5.41, 5.74) is 10.2. The predicted octanol–water partition coefficient (Wildman–Crippen LogP) is 7.24. The number of rotatable bonds is 26. The summed E-state index contributed by atoms with van der Waals surface area (Å²) >= 11 is 1.53.